The van der Waals surface area contributed by atoms with Gasteiger partial charge in [0.15, 0.2) is 40.0 Å². The smallest absolute Gasteiger partial charge is 0.331 e. The van der Waals surface area contributed by atoms with Crippen molar-refractivity contribution in [1.82, 2.24) is 15.1 Å². The molecule has 4 N–H and O–H groups in total. The van der Waals surface area contributed by atoms with E-state index in [2.05, 4.69) is 10.2 Å². The molecule has 7 atom stereocenters. The lowest BCUT2D eigenvalue weighted by Gasteiger charge is -2.62. The molecule has 0 unspecified atom stereocenters. The Morgan fingerprint density at radius 3 is 2.54 bits per heavy atom. The number of ether oxygens (including phenoxy) is 6. The van der Waals surface area contributed by atoms with Gasteiger partial charge in [0.25, 0.3) is 0 Å². The molecular formula is C39H43N3O11S. The Labute approximate surface area is 316 Å². The van der Waals surface area contributed by atoms with E-state index in [-0.39, 0.29) is 42.4 Å². The number of carbonyl (C=O) groups excluding carboxylic acids is 2. The zero-order chi connectivity index (χ0) is 38.0. The number of thioether (sulfide) groups is 1. The topological polar surface area (TPSA) is 169 Å². The summed E-state index contributed by atoms with van der Waals surface area (Å²) < 4.78 is 35.9. The fraction of sp³-hybridized carbons (Fsp3) is 0.487. The number of rotatable bonds is 3. The van der Waals surface area contributed by atoms with E-state index < -0.39 is 47.1 Å². The number of methoxy groups -OCH3 is 2. The summed E-state index contributed by atoms with van der Waals surface area (Å²) in [5.41, 5.74) is 4.36. The number of nitrogens with zero attached hydrogens (tertiary/aromatic N) is 2. The van der Waals surface area contributed by atoms with Gasteiger partial charge in [0.05, 0.1) is 37.6 Å². The molecule has 15 heteroatoms. The van der Waals surface area contributed by atoms with Crippen LogP contribution in [0.2, 0.25) is 0 Å². The van der Waals surface area contributed by atoms with E-state index in [9.17, 15) is 24.9 Å². The van der Waals surface area contributed by atoms with Crippen molar-refractivity contribution in [3.8, 4) is 40.2 Å². The largest absolute Gasteiger partial charge is 0.504 e. The molecule has 10 rings (SSSR count). The van der Waals surface area contributed by atoms with Gasteiger partial charge in [-0.05, 0) is 68.1 Å². The van der Waals surface area contributed by atoms with Gasteiger partial charge in [0, 0.05) is 47.5 Å². The minimum absolute atomic E-state index is 0.0226. The van der Waals surface area contributed by atoms with Crippen molar-refractivity contribution < 1.29 is 53.3 Å². The van der Waals surface area contributed by atoms with Crippen molar-refractivity contribution in [2.75, 3.05) is 47.0 Å². The number of aliphatic hydroxyl groups is 1. The maximum Gasteiger partial charge on any atom is 0.331 e. The number of phenols is 2. The number of likely N-dealkylation sites (N-methyl/N-ethyl adjacent to an activating group) is 1. The minimum Gasteiger partial charge on any atom is -0.504 e. The Kier molecular flexibility index (Phi) is 8.21. The summed E-state index contributed by atoms with van der Waals surface area (Å²) in [6, 6.07) is 3.13. The molecule has 1 spiro atoms. The Morgan fingerprint density at radius 1 is 1.02 bits per heavy atom. The van der Waals surface area contributed by atoms with Gasteiger partial charge in [-0.2, -0.15) is 0 Å². The lowest BCUT2D eigenvalue weighted by atomic mass is 9.73. The Balaban J connectivity index is 1.32. The first kappa shape index (κ1) is 35.3. The third-order valence-corrected chi connectivity index (χ3v) is 13.7. The van der Waals surface area contributed by atoms with Gasteiger partial charge in [-0.15, -0.1) is 11.8 Å². The molecule has 7 aliphatic rings. The molecular weight excluding hydrogens is 719 g/mol. The van der Waals surface area contributed by atoms with Crippen LogP contribution in [0.5, 0.6) is 40.2 Å². The fourth-order valence-corrected chi connectivity index (χ4v) is 11.7. The van der Waals surface area contributed by atoms with Crippen LogP contribution in [-0.2, 0) is 32.7 Å². The van der Waals surface area contributed by atoms with Gasteiger partial charge in [0.2, 0.25) is 6.79 Å². The molecule has 0 aromatic heterocycles. The molecule has 0 amide bonds. The number of phenolic OH excluding ortho intramolecular Hbond substituents is 2. The van der Waals surface area contributed by atoms with Crippen LogP contribution in [0, 0.1) is 13.8 Å². The zero-order valence-electron chi connectivity index (χ0n) is 30.8. The molecule has 3 aromatic rings. The Hall–Kier alpha value is -4.41. The summed E-state index contributed by atoms with van der Waals surface area (Å²) in [6.07, 6.45) is -0.0282. The van der Waals surface area contributed by atoms with Crippen LogP contribution in [0.25, 0.3) is 0 Å². The van der Waals surface area contributed by atoms with Crippen LogP contribution in [0.3, 0.4) is 0 Å². The molecule has 7 aliphatic heterocycles. The normalized spacial score (nSPS) is 29.4. The zero-order valence-corrected chi connectivity index (χ0v) is 31.7. The first-order valence-corrected chi connectivity index (χ1v) is 19.1. The quantitative estimate of drug-likeness (QED) is 0.226. The monoisotopic (exact) mass is 761 g/mol. The summed E-state index contributed by atoms with van der Waals surface area (Å²) >= 11 is 1.47. The number of benzene rings is 3. The first-order valence-electron chi connectivity index (χ1n) is 18.1. The van der Waals surface area contributed by atoms with Crippen LogP contribution >= 0.6 is 11.8 Å². The predicted molar refractivity (Wildman–Crippen MR) is 195 cm³/mol. The van der Waals surface area contributed by atoms with Gasteiger partial charge < -0.3 is 43.7 Å². The van der Waals surface area contributed by atoms with Crippen molar-refractivity contribution in [2.45, 2.75) is 74.8 Å². The molecule has 4 bridgehead atoms. The maximum absolute atomic E-state index is 14.7. The number of piperazine rings is 1. The highest BCUT2D eigenvalue weighted by molar-refractivity contribution is 7.99. The summed E-state index contributed by atoms with van der Waals surface area (Å²) in [5.74, 6) is 0.949. The number of nitrogens with one attached hydrogen (secondary N) is 1. The standard InChI is InChI=1S/C39H43N3O11S/c1-16-9-20-10-22-37(46)42-23-13-50-38(47)39(21-12-25(48-5)24(44)11-19(21)7-8-40-39)14-54-36(30(42)29(41(22)4)26(20)31(45)32(16)49-6)28-27(23)35-34(51-15-52-35)17(2)33(28)53-18(3)43/h9,11-12,22-23,29-30,36-37,40,44-46H,7-8,10,13-15H2,1-6H3/t22-,23-,29+,30+,36+,37-,39+/m1/s1. The second-order valence-electron chi connectivity index (χ2n) is 14.9. The molecule has 286 valence electrons. The van der Waals surface area contributed by atoms with Crippen molar-refractivity contribution in [3.63, 3.8) is 0 Å². The highest BCUT2D eigenvalue weighted by Crippen LogP contribution is 2.64. The molecule has 0 aliphatic carbocycles. The van der Waals surface area contributed by atoms with E-state index in [1.165, 1.54) is 32.9 Å². The molecule has 2 saturated heterocycles. The third kappa shape index (κ3) is 4.74. The van der Waals surface area contributed by atoms with Gasteiger partial charge in [0.1, 0.15) is 18.6 Å². The van der Waals surface area contributed by atoms with Crippen LogP contribution in [0.15, 0.2) is 18.2 Å². The molecule has 0 radical (unpaired) electrons. The number of carbonyl (C=O) groups is 2. The van der Waals surface area contributed by atoms with E-state index in [0.29, 0.717) is 70.2 Å². The summed E-state index contributed by atoms with van der Waals surface area (Å²) in [7, 11) is 4.96. The van der Waals surface area contributed by atoms with Crippen LogP contribution in [0.4, 0.5) is 0 Å². The molecule has 14 nitrogen and oxygen atoms in total. The molecule has 3 aromatic carbocycles. The maximum atomic E-state index is 14.7. The van der Waals surface area contributed by atoms with Crippen molar-refractivity contribution in [2.24, 2.45) is 0 Å². The van der Waals surface area contributed by atoms with Crippen molar-refractivity contribution in [1.29, 1.82) is 0 Å². The minimum atomic E-state index is -1.36. The van der Waals surface area contributed by atoms with Crippen LogP contribution in [0.1, 0.15) is 68.8 Å². The fourth-order valence-electron chi connectivity index (χ4n) is 10.00. The predicted octanol–water partition coefficient (Wildman–Crippen LogP) is 3.41. The second kappa shape index (κ2) is 12.6. The Bertz CT molecular complexity index is 2130. The van der Waals surface area contributed by atoms with E-state index >= 15 is 0 Å². The van der Waals surface area contributed by atoms with Gasteiger partial charge in [-0.3, -0.25) is 19.9 Å². The average molecular weight is 762 g/mol. The Morgan fingerprint density at radius 2 is 1.80 bits per heavy atom. The molecule has 0 saturated carbocycles. The van der Waals surface area contributed by atoms with Crippen molar-refractivity contribution in [3.05, 3.63) is 62.7 Å². The van der Waals surface area contributed by atoms with Crippen LogP contribution in [-0.4, -0.2) is 102 Å². The number of fused-ring (bicyclic) bond motifs is 9. The number of hydrogen-bond donors (Lipinski definition) is 4. The first-order chi connectivity index (χ1) is 25.9. The number of aliphatic hydroxyl groups excluding tert-OH is 1. The van der Waals surface area contributed by atoms with E-state index in [1.807, 2.05) is 31.9 Å². The second-order valence-corrected chi connectivity index (χ2v) is 16.1. The lowest BCUT2D eigenvalue weighted by molar-refractivity contribution is -0.186. The number of aryl methyl sites for hydroxylation is 1. The number of esters is 2. The van der Waals surface area contributed by atoms with Gasteiger partial charge >= 0.3 is 11.9 Å². The highest BCUT2D eigenvalue weighted by Gasteiger charge is 2.61. The summed E-state index contributed by atoms with van der Waals surface area (Å²) in [4.78, 5) is 31.7. The molecule has 54 heavy (non-hydrogen) atoms. The third-order valence-electron chi connectivity index (χ3n) is 12.3. The molecule has 2 fully saturated rings. The average Bonchev–Trinajstić information content (AvgIpc) is 3.63. The highest BCUT2D eigenvalue weighted by atomic mass is 32.2. The number of aromatic hydroxyl groups is 2. The number of hydrogen-bond acceptors (Lipinski definition) is 15. The van der Waals surface area contributed by atoms with Crippen LogP contribution < -0.4 is 29.0 Å². The summed E-state index contributed by atoms with van der Waals surface area (Å²) in [5, 5.41) is 38.2. The SMILES string of the molecule is COc1cc2c(cc1O)CCN[C@@]21CS[C@H]2c3c(OC(C)=O)c(C)c4c(c3[C@@H](COC1=O)N1[C@H]2[C@@H]2c3c(cc(C)c(OC)c3O)C[C@H]([C@H]1O)N2C)OCO4. The lowest BCUT2D eigenvalue weighted by Crippen LogP contribution is -2.70. The van der Waals surface area contributed by atoms with Gasteiger partial charge in [-0.1, -0.05) is 6.07 Å². The summed E-state index contributed by atoms with van der Waals surface area (Å²) in [6.45, 7) is 5.26. The van der Waals surface area contributed by atoms with E-state index in [0.717, 1.165) is 16.7 Å². The van der Waals surface area contributed by atoms with Crippen molar-refractivity contribution >= 4 is 23.7 Å². The van der Waals surface area contributed by atoms with Gasteiger partial charge in [-0.25, -0.2) is 4.79 Å². The molecule has 7 heterocycles. The van der Waals surface area contributed by atoms with E-state index in [1.54, 1.807) is 12.1 Å². The van der Waals surface area contributed by atoms with E-state index in [4.69, 9.17) is 28.4 Å².